The molecule has 102 valence electrons. The zero-order chi connectivity index (χ0) is 13.6. The fraction of sp³-hybridized carbons (Fsp3) is 0.375. The number of rotatable bonds is 2. The van der Waals surface area contributed by atoms with Crippen LogP contribution in [-0.4, -0.2) is 10.9 Å². The Balaban J connectivity index is 1.58. The van der Waals surface area contributed by atoms with Gasteiger partial charge in [-0.2, -0.15) is 0 Å². The van der Waals surface area contributed by atoms with E-state index in [-0.39, 0.29) is 17.2 Å². The first kappa shape index (κ1) is 12.1. The average Bonchev–Trinajstić information content (AvgIpc) is 2.95. The number of nitrogens with one attached hydrogen (secondary N) is 1. The Kier molecular flexibility index (Phi) is 2.67. The van der Waals surface area contributed by atoms with Crippen LogP contribution in [0.15, 0.2) is 35.8 Å². The molecule has 1 amide bonds. The van der Waals surface area contributed by atoms with Crippen LogP contribution >= 0.6 is 11.3 Å². The first-order valence-electron chi connectivity index (χ1n) is 7.08. The van der Waals surface area contributed by atoms with E-state index in [1.165, 1.54) is 28.9 Å². The van der Waals surface area contributed by atoms with Crippen molar-refractivity contribution >= 4 is 22.4 Å². The number of fused-ring (bicyclic) bond motifs is 2. The van der Waals surface area contributed by atoms with Crippen molar-refractivity contribution < 1.29 is 4.79 Å². The Morgan fingerprint density at radius 2 is 2.30 bits per heavy atom. The first-order valence-corrected chi connectivity index (χ1v) is 7.96. The van der Waals surface area contributed by atoms with Crippen LogP contribution < -0.4 is 5.32 Å². The van der Waals surface area contributed by atoms with Gasteiger partial charge in [0.15, 0.2) is 5.13 Å². The molecule has 1 spiro atoms. The Bertz CT molecular complexity index is 652. The SMILES string of the molecule is O=C(Nc1nccs1)C1CC12CCCc1ccccc12. The van der Waals surface area contributed by atoms with Crippen molar-refractivity contribution in [3.05, 3.63) is 47.0 Å². The molecule has 20 heavy (non-hydrogen) atoms. The lowest BCUT2D eigenvalue weighted by molar-refractivity contribution is -0.117. The predicted molar refractivity (Wildman–Crippen MR) is 79.9 cm³/mol. The minimum atomic E-state index is 0.107. The van der Waals surface area contributed by atoms with Gasteiger partial charge in [0.05, 0.1) is 0 Å². The summed E-state index contributed by atoms with van der Waals surface area (Å²) in [6, 6.07) is 8.63. The molecule has 1 fully saturated rings. The van der Waals surface area contributed by atoms with Crippen LogP contribution in [0, 0.1) is 5.92 Å². The van der Waals surface area contributed by atoms with Gasteiger partial charge in [0.1, 0.15) is 0 Å². The number of hydrogen-bond donors (Lipinski definition) is 1. The second kappa shape index (κ2) is 4.42. The maximum atomic E-state index is 12.4. The lowest BCUT2D eigenvalue weighted by atomic mass is 9.78. The lowest BCUT2D eigenvalue weighted by Crippen LogP contribution is -2.24. The van der Waals surface area contributed by atoms with Gasteiger partial charge in [-0.15, -0.1) is 11.3 Å². The third-order valence-corrected chi connectivity index (χ3v) is 5.37. The Morgan fingerprint density at radius 1 is 1.40 bits per heavy atom. The summed E-state index contributed by atoms with van der Waals surface area (Å²) in [4.78, 5) is 16.5. The summed E-state index contributed by atoms with van der Waals surface area (Å²) in [6.07, 6.45) is 6.19. The Hall–Kier alpha value is -1.68. The van der Waals surface area contributed by atoms with Gasteiger partial charge in [-0.3, -0.25) is 4.79 Å². The maximum absolute atomic E-state index is 12.4. The number of carbonyl (C=O) groups excluding carboxylic acids is 1. The van der Waals surface area contributed by atoms with Gasteiger partial charge in [-0.1, -0.05) is 24.3 Å². The fourth-order valence-electron chi connectivity index (χ4n) is 3.65. The van der Waals surface area contributed by atoms with Crippen molar-refractivity contribution in [2.75, 3.05) is 5.32 Å². The first-order chi connectivity index (χ1) is 9.79. The molecule has 0 bridgehead atoms. The molecule has 2 aliphatic carbocycles. The van der Waals surface area contributed by atoms with Crippen LogP contribution in [0.1, 0.15) is 30.4 Å². The molecule has 2 aromatic rings. The molecule has 1 heterocycles. The van der Waals surface area contributed by atoms with Gasteiger partial charge in [0.25, 0.3) is 0 Å². The van der Waals surface area contributed by atoms with Crippen LogP contribution in [0.4, 0.5) is 5.13 Å². The molecule has 4 rings (SSSR count). The maximum Gasteiger partial charge on any atom is 0.230 e. The number of benzene rings is 1. The fourth-order valence-corrected chi connectivity index (χ4v) is 4.19. The summed E-state index contributed by atoms with van der Waals surface area (Å²) >= 11 is 1.47. The van der Waals surface area contributed by atoms with Gasteiger partial charge in [0, 0.05) is 22.9 Å². The van der Waals surface area contributed by atoms with Gasteiger partial charge in [-0.25, -0.2) is 4.98 Å². The molecule has 2 unspecified atom stereocenters. The molecule has 3 nitrogen and oxygen atoms in total. The lowest BCUT2D eigenvalue weighted by Gasteiger charge is -2.26. The van der Waals surface area contributed by atoms with Crippen LogP contribution in [0.25, 0.3) is 0 Å². The average molecular weight is 284 g/mol. The van der Waals surface area contributed by atoms with Crippen molar-refractivity contribution in [1.29, 1.82) is 0 Å². The standard InChI is InChI=1S/C16H16N2OS/c19-14(18-15-17-8-9-20-15)13-10-16(13)7-3-5-11-4-1-2-6-12(11)16/h1-2,4,6,8-9,13H,3,5,7,10H2,(H,17,18,19). The third kappa shape index (κ3) is 1.79. The minimum absolute atomic E-state index is 0.107. The van der Waals surface area contributed by atoms with E-state index in [1.54, 1.807) is 6.20 Å². The van der Waals surface area contributed by atoms with Crippen molar-refractivity contribution in [2.45, 2.75) is 31.1 Å². The van der Waals surface area contributed by atoms with Crippen LogP contribution in [-0.2, 0) is 16.6 Å². The number of anilines is 1. The Labute approximate surface area is 122 Å². The molecule has 0 aliphatic heterocycles. The molecule has 1 aromatic carbocycles. The zero-order valence-corrected chi connectivity index (χ0v) is 12.0. The topological polar surface area (TPSA) is 42.0 Å². The molecule has 0 radical (unpaired) electrons. The summed E-state index contributed by atoms with van der Waals surface area (Å²) in [5.74, 6) is 0.254. The molecule has 2 aliphatic rings. The molecule has 1 N–H and O–H groups in total. The number of amides is 1. The summed E-state index contributed by atoms with van der Waals surface area (Å²) in [5.41, 5.74) is 2.95. The van der Waals surface area contributed by atoms with Gasteiger partial charge in [-0.05, 0) is 36.8 Å². The summed E-state index contributed by atoms with van der Waals surface area (Å²) in [7, 11) is 0. The molecule has 1 aromatic heterocycles. The number of hydrogen-bond acceptors (Lipinski definition) is 3. The van der Waals surface area contributed by atoms with Gasteiger partial charge < -0.3 is 5.32 Å². The van der Waals surface area contributed by atoms with Gasteiger partial charge in [0.2, 0.25) is 5.91 Å². The van der Waals surface area contributed by atoms with Crippen LogP contribution in [0.3, 0.4) is 0 Å². The second-order valence-corrected chi connectivity index (χ2v) is 6.64. The minimum Gasteiger partial charge on any atom is -0.302 e. The van der Waals surface area contributed by atoms with E-state index in [1.807, 2.05) is 5.38 Å². The predicted octanol–water partition coefficient (Wildman–Crippen LogP) is 3.38. The quantitative estimate of drug-likeness (QED) is 0.918. The van der Waals surface area contributed by atoms with Crippen LogP contribution in [0.2, 0.25) is 0 Å². The van der Waals surface area contributed by atoms with Crippen molar-refractivity contribution in [2.24, 2.45) is 5.92 Å². The van der Waals surface area contributed by atoms with E-state index < -0.39 is 0 Å². The summed E-state index contributed by atoms with van der Waals surface area (Å²) in [5, 5.41) is 5.55. The zero-order valence-electron chi connectivity index (χ0n) is 11.1. The highest BCUT2D eigenvalue weighted by molar-refractivity contribution is 7.13. The van der Waals surface area contributed by atoms with E-state index in [9.17, 15) is 4.79 Å². The number of aromatic nitrogens is 1. The second-order valence-electron chi connectivity index (χ2n) is 5.75. The monoisotopic (exact) mass is 284 g/mol. The van der Waals surface area contributed by atoms with Gasteiger partial charge >= 0.3 is 0 Å². The largest absolute Gasteiger partial charge is 0.302 e. The number of thiazole rings is 1. The molecular formula is C16H16N2OS. The van der Waals surface area contributed by atoms with E-state index in [0.29, 0.717) is 5.13 Å². The number of carbonyl (C=O) groups is 1. The molecule has 4 heteroatoms. The van der Waals surface area contributed by atoms with E-state index in [2.05, 4.69) is 34.6 Å². The summed E-state index contributed by atoms with van der Waals surface area (Å²) in [6.45, 7) is 0. The smallest absolute Gasteiger partial charge is 0.230 e. The summed E-state index contributed by atoms with van der Waals surface area (Å²) < 4.78 is 0. The van der Waals surface area contributed by atoms with E-state index >= 15 is 0 Å². The van der Waals surface area contributed by atoms with Crippen LogP contribution in [0.5, 0.6) is 0 Å². The Morgan fingerprint density at radius 3 is 3.15 bits per heavy atom. The van der Waals surface area contributed by atoms with E-state index in [0.717, 1.165) is 19.3 Å². The highest BCUT2D eigenvalue weighted by Crippen LogP contribution is 2.60. The number of nitrogens with zero attached hydrogens (tertiary/aromatic N) is 1. The van der Waals surface area contributed by atoms with Crippen molar-refractivity contribution in [1.82, 2.24) is 4.98 Å². The molecule has 2 atom stereocenters. The normalized spacial score (nSPS) is 27.1. The molecule has 0 saturated heterocycles. The van der Waals surface area contributed by atoms with Crippen molar-refractivity contribution in [3.8, 4) is 0 Å². The third-order valence-electron chi connectivity index (χ3n) is 4.68. The highest BCUT2D eigenvalue weighted by Gasteiger charge is 2.60. The molecular weight excluding hydrogens is 268 g/mol. The molecule has 1 saturated carbocycles. The number of aryl methyl sites for hydroxylation is 1. The van der Waals surface area contributed by atoms with Crippen molar-refractivity contribution in [3.63, 3.8) is 0 Å². The van der Waals surface area contributed by atoms with E-state index in [4.69, 9.17) is 0 Å². The highest BCUT2D eigenvalue weighted by atomic mass is 32.1.